The second kappa shape index (κ2) is 6.62. The Morgan fingerprint density at radius 1 is 1.46 bits per heavy atom. The summed E-state index contributed by atoms with van der Waals surface area (Å²) in [5.74, 6) is 1.40. The van der Waals surface area contributed by atoms with E-state index in [0.29, 0.717) is 31.6 Å². The van der Waals surface area contributed by atoms with E-state index in [-0.39, 0.29) is 6.61 Å². The summed E-state index contributed by atoms with van der Waals surface area (Å²) in [5.41, 5.74) is 2.29. The van der Waals surface area contributed by atoms with Gasteiger partial charge in [0.15, 0.2) is 5.65 Å². The average molecular weight is 347 g/mol. The van der Waals surface area contributed by atoms with Gasteiger partial charge in [0.1, 0.15) is 11.2 Å². The number of ether oxygens (including phenoxy) is 1. The zero-order valence-electron chi connectivity index (χ0n) is 13.7. The standard InChI is InChI=1S/C16H21N5O2S/c1-10-2-3-12-11(8-10)13-14-18-9-19-21(14)16(20-15(13)24-12)17-4-6-23-7-5-22/h9-10,22H,2-8H2,1H3,(H,17,20). The van der Waals surface area contributed by atoms with Crippen molar-refractivity contribution in [3.63, 3.8) is 0 Å². The fraction of sp³-hybridized carbons (Fsp3) is 0.562. The average Bonchev–Trinajstić information content (AvgIpc) is 3.18. The molecule has 7 nitrogen and oxygen atoms in total. The lowest BCUT2D eigenvalue weighted by atomic mass is 9.89. The Balaban J connectivity index is 1.69. The molecule has 0 aliphatic heterocycles. The van der Waals surface area contributed by atoms with Gasteiger partial charge in [-0.2, -0.15) is 9.61 Å². The van der Waals surface area contributed by atoms with E-state index in [1.165, 1.54) is 22.2 Å². The van der Waals surface area contributed by atoms with E-state index in [9.17, 15) is 0 Å². The van der Waals surface area contributed by atoms with Crippen molar-refractivity contribution in [1.82, 2.24) is 19.6 Å². The number of aromatic nitrogens is 4. The minimum absolute atomic E-state index is 0.0384. The Kier molecular flexibility index (Phi) is 4.34. The number of anilines is 1. The fourth-order valence-electron chi connectivity index (χ4n) is 3.28. The van der Waals surface area contributed by atoms with E-state index in [1.807, 2.05) is 0 Å². The van der Waals surface area contributed by atoms with E-state index in [2.05, 4.69) is 22.3 Å². The molecule has 128 valence electrons. The predicted molar refractivity (Wildman–Crippen MR) is 93.7 cm³/mol. The van der Waals surface area contributed by atoms with Gasteiger partial charge in [0.25, 0.3) is 0 Å². The van der Waals surface area contributed by atoms with Gasteiger partial charge in [-0.15, -0.1) is 11.3 Å². The SMILES string of the molecule is CC1CCc2sc3nc(NCCOCCO)n4ncnc4c3c2C1. The molecule has 8 heteroatoms. The number of aliphatic hydroxyl groups is 1. The molecule has 0 bridgehead atoms. The molecule has 0 fully saturated rings. The van der Waals surface area contributed by atoms with Crippen molar-refractivity contribution in [2.75, 3.05) is 31.7 Å². The molecular formula is C16H21N5O2S. The lowest BCUT2D eigenvalue weighted by Crippen LogP contribution is -2.15. The first-order valence-electron chi connectivity index (χ1n) is 8.34. The van der Waals surface area contributed by atoms with Crippen LogP contribution in [0.15, 0.2) is 6.33 Å². The summed E-state index contributed by atoms with van der Waals surface area (Å²) in [5, 5.41) is 17.5. The highest BCUT2D eigenvalue weighted by Crippen LogP contribution is 2.39. The van der Waals surface area contributed by atoms with Gasteiger partial charge in [-0.25, -0.2) is 9.97 Å². The van der Waals surface area contributed by atoms with E-state index in [4.69, 9.17) is 14.8 Å². The summed E-state index contributed by atoms with van der Waals surface area (Å²) in [6.07, 6.45) is 5.06. The summed E-state index contributed by atoms with van der Waals surface area (Å²) < 4.78 is 7.06. The third kappa shape index (κ3) is 2.74. The second-order valence-corrected chi connectivity index (χ2v) is 7.31. The third-order valence-electron chi connectivity index (χ3n) is 4.43. The summed E-state index contributed by atoms with van der Waals surface area (Å²) in [4.78, 5) is 11.8. The molecule has 0 spiro atoms. The zero-order valence-corrected chi connectivity index (χ0v) is 14.5. The molecule has 1 aliphatic rings. The molecule has 0 amide bonds. The summed E-state index contributed by atoms with van der Waals surface area (Å²) in [6, 6.07) is 0. The molecule has 0 radical (unpaired) electrons. The summed E-state index contributed by atoms with van der Waals surface area (Å²) >= 11 is 1.78. The van der Waals surface area contributed by atoms with Gasteiger partial charge >= 0.3 is 0 Å². The van der Waals surface area contributed by atoms with Gasteiger partial charge in [0, 0.05) is 11.4 Å². The van der Waals surface area contributed by atoms with Crippen molar-refractivity contribution in [3.05, 3.63) is 16.8 Å². The largest absolute Gasteiger partial charge is 0.394 e. The maximum absolute atomic E-state index is 8.73. The molecule has 0 saturated carbocycles. The number of rotatable bonds is 6. The van der Waals surface area contributed by atoms with Gasteiger partial charge in [-0.3, -0.25) is 0 Å². The number of thiophene rings is 1. The van der Waals surface area contributed by atoms with Gasteiger partial charge in [0.2, 0.25) is 5.95 Å². The molecule has 1 atom stereocenters. The van der Waals surface area contributed by atoms with Crippen LogP contribution in [0.1, 0.15) is 23.8 Å². The molecule has 1 aliphatic carbocycles. The Morgan fingerprint density at radius 2 is 2.38 bits per heavy atom. The van der Waals surface area contributed by atoms with Crippen LogP contribution < -0.4 is 5.32 Å². The minimum atomic E-state index is 0.0384. The van der Waals surface area contributed by atoms with Gasteiger partial charge in [0.05, 0.1) is 25.2 Å². The van der Waals surface area contributed by atoms with E-state index in [0.717, 1.165) is 23.3 Å². The van der Waals surface area contributed by atoms with Gasteiger partial charge in [-0.1, -0.05) is 6.92 Å². The smallest absolute Gasteiger partial charge is 0.227 e. The van der Waals surface area contributed by atoms with Crippen molar-refractivity contribution < 1.29 is 9.84 Å². The molecule has 24 heavy (non-hydrogen) atoms. The van der Waals surface area contributed by atoms with E-state index < -0.39 is 0 Å². The molecular weight excluding hydrogens is 326 g/mol. The van der Waals surface area contributed by atoms with E-state index in [1.54, 1.807) is 22.2 Å². The molecule has 0 saturated heterocycles. The maximum Gasteiger partial charge on any atom is 0.227 e. The Labute approximate surface area is 143 Å². The molecule has 1 unspecified atom stereocenters. The number of hydrogen-bond donors (Lipinski definition) is 2. The van der Waals surface area contributed by atoms with Crippen molar-refractivity contribution in [2.45, 2.75) is 26.2 Å². The van der Waals surface area contributed by atoms with Crippen LogP contribution in [-0.2, 0) is 17.6 Å². The normalized spacial score (nSPS) is 17.5. The van der Waals surface area contributed by atoms with Gasteiger partial charge < -0.3 is 15.2 Å². The third-order valence-corrected chi connectivity index (χ3v) is 5.62. The van der Waals surface area contributed by atoms with Crippen LogP contribution in [0.5, 0.6) is 0 Å². The Bertz CT molecular complexity index is 859. The van der Waals surface area contributed by atoms with Crippen molar-refractivity contribution >= 4 is 33.1 Å². The molecule has 0 aromatic carbocycles. The van der Waals surface area contributed by atoms with Crippen LogP contribution in [0.4, 0.5) is 5.95 Å². The summed E-state index contributed by atoms with van der Waals surface area (Å²) in [6.45, 7) is 3.81. The van der Waals surface area contributed by atoms with Crippen LogP contribution in [-0.4, -0.2) is 51.1 Å². The van der Waals surface area contributed by atoms with Crippen molar-refractivity contribution in [1.29, 1.82) is 0 Å². The van der Waals surface area contributed by atoms with Crippen LogP contribution >= 0.6 is 11.3 Å². The van der Waals surface area contributed by atoms with E-state index >= 15 is 0 Å². The molecule has 3 aromatic rings. The second-order valence-electron chi connectivity index (χ2n) is 6.23. The first-order valence-corrected chi connectivity index (χ1v) is 9.16. The minimum Gasteiger partial charge on any atom is -0.394 e. The highest BCUT2D eigenvalue weighted by Gasteiger charge is 2.24. The monoisotopic (exact) mass is 347 g/mol. The van der Waals surface area contributed by atoms with Crippen LogP contribution in [0.2, 0.25) is 0 Å². The fourth-order valence-corrected chi connectivity index (χ4v) is 4.49. The quantitative estimate of drug-likeness (QED) is 0.663. The maximum atomic E-state index is 8.73. The lowest BCUT2D eigenvalue weighted by molar-refractivity contribution is 0.0991. The molecule has 4 rings (SSSR count). The first-order chi connectivity index (χ1) is 11.8. The lowest BCUT2D eigenvalue weighted by Gasteiger charge is -2.17. The Hall–Kier alpha value is -1.77. The van der Waals surface area contributed by atoms with Gasteiger partial charge in [-0.05, 0) is 30.7 Å². The first kappa shape index (κ1) is 15.7. The molecule has 2 N–H and O–H groups in total. The highest BCUT2D eigenvalue weighted by atomic mass is 32.1. The number of hydrogen-bond acceptors (Lipinski definition) is 7. The van der Waals surface area contributed by atoms with Crippen LogP contribution in [0.3, 0.4) is 0 Å². The molecule has 3 heterocycles. The number of fused-ring (bicyclic) bond motifs is 5. The number of aliphatic hydroxyl groups excluding tert-OH is 1. The Morgan fingerprint density at radius 3 is 3.25 bits per heavy atom. The zero-order chi connectivity index (χ0) is 16.5. The topological polar surface area (TPSA) is 84.6 Å². The molecule has 3 aromatic heterocycles. The highest BCUT2D eigenvalue weighted by molar-refractivity contribution is 7.19. The van der Waals surface area contributed by atoms with Crippen molar-refractivity contribution in [3.8, 4) is 0 Å². The summed E-state index contributed by atoms with van der Waals surface area (Å²) in [7, 11) is 0. The number of nitrogens with one attached hydrogen (secondary N) is 1. The van der Waals surface area contributed by atoms with Crippen molar-refractivity contribution in [2.24, 2.45) is 5.92 Å². The predicted octanol–water partition coefficient (Wildman–Crippen LogP) is 1.88. The van der Waals surface area contributed by atoms with Crippen LogP contribution in [0, 0.1) is 5.92 Å². The van der Waals surface area contributed by atoms with Crippen LogP contribution in [0.25, 0.3) is 15.9 Å². The number of nitrogens with zero attached hydrogens (tertiary/aromatic N) is 4. The number of aryl methyl sites for hydroxylation is 1.